The van der Waals surface area contributed by atoms with Crippen molar-refractivity contribution in [2.45, 2.75) is 19.4 Å². The van der Waals surface area contributed by atoms with Crippen molar-refractivity contribution in [3.8, 4) is 17.2 Å². The summed E-state index contributed by atoms with van der Waals surface area (Å²) in [6.45, 7) is 1.94. The van der Waals surface area contributed by atoms with Crippen molar-refractivity contribution in [2.75, 3.05) is 0 Å². The summed E-state index contributed by atoms with van der Waals surface area (Å²) in [5.74, 6) is 1.02. The molecule has 4 nitrogen and oxygen atoms in total. The van der Waals surface area contributed by atoms with Gasteiger partial charge in [-0.1, -0.05) is 42.5 Å². The van der Waals surface area contributed by atoms with Crippen molar-refractivity contribution >= 4 is 5.97 Å². The fraction of sp³-hybridized carbons (Fsp3) is 0.136. The van der Waals surface area contributed by atoms with Gasteiger partial charge in [0.25, 0.3) is 0 Å². The Labute approximate surface area is 152 Å². The van der Waals surface area contributed by atoms with E-state index in [9.17, 15) is 9.90 Å². The zero-order valence-corrected chi connectivity index (χ0v) is 14.5. The molecule has 0 aromatic heterocycles. The number of carboxylic acids is 1. The highest BCUT2D eigenvalue weighted by atomic mass is 16.5. The van der Waals surface area contributed by atoms with Crippen LogP contribution in [0.5, 0.6) is 17.2 Å². The first-order valence-electron chi connectivity index (χ1n) is 8.38. The van der Waals surface area contributed by atoms with Crippen LogP contribution < -0.4 is 9.47 Å². The van der Waals surface area contributed by atoms with Gasteiger partial charge in [-0.15, -0.1) is 0 Å². The molecule has 0 heterocycles. The minimum Gasteiger partial charge on any atom is -0.478 e. The smallest absolute Gasteiger partial charge is 0.345 e. The van der Waals surface area contributed by atoms with Crippen molar-refractivity contribution in [1.29, 1.82) is 0 Å². The molecule has 0 radical (unpaired) electrons. The fourth-order valence-corrected chi connectivity index (χ4v) is 2.56. The zero-order chi connectivity index (χ0) is 18.4. The van der Waals surface area contributed by atoms with Crippen molar-refractivity contribution in [3.05, 3.63) is 90.0 Å². The molecule has 0 unspecified atom stereocenters. The normalized spacial score (nSPS) is 11.6. The molecule has 3 aromatic carbocycles. The number of hydrogen-bond donors (Lipinski definition) is 1. The summed E-state index contributed by atoms with van der Waals surface area (Å²) in [4.78, 5) is 11.6. The van der Waals surface area contributed by atoms with Gasteiger partial charge in [0, 0.05) is 6.42 Å². The van der Waals surface area contributed by atoms with Crippen LogP contribution in [0, 0.1) is 6.92 Å². The first kappa shape index (κ1) is 17.5. The second kappa shape index (κ2) is 8.21. The molecule has 132 valence electrons. The molecule has 0 aliphatic carbocycles. The Balaban J connectivity index is 1.66. The molecule has 0 bridgehead atoms. The molecular weight excluding hydrogens is 328 g/mol. The lowest BCUT2D eigenvalue weighted by Gasteiger charge is -2.16. The van der Waals surface area contributed by atoms with Crippen LogP contribution in [0.15, 0.2) is 78.9 Å². The third-order valence-corrected chi connectivity index (χ3v) is 3.87. The predicted octanol–water partition coefficient (Wildman–Crippen LogP) is 4.86. The number of aryl methyl sites for hydroxylation is 1. The quantitative estimate of drug-likeness (QED) is 0.662. The van der Waals surface area contributed by atoms with E-state index in [0.29, 0.717) is 11.5 Å². The molecule has 0 saturated carbocycles. The zero-order valence-electron chi connectivity index (χ0n) is 14.5. The molecule has 4 heteroatoms. The van der Waals surface area contributed by atoms with Gasteiger partial charge in [-0.2, -0.15) is 0 Å². The Bertz CT molecular complexity index is 857. The Hall–Kier alpha value is -3.27. The molecule has 0 aliphatic heterocycles. The number of hydrogen-bond acceptors (Lipinski definition) is 3. The molecule has 3 aromatic rings. The van der Waals surface area contributed by atoms with Gasteiger partial charge in [-0.3, -0.25) is 0 Å². The van der Waals surface area contributed by atoms with Gasteiger partial charge < -0.3 is 14.6 Å². The Kier molecular flexibility index (Phi) is 5.54. The molecule has 0 aliphatic rings. The lowest BCUT2D eigenvalue weighted by atomic mass is 10.1. The number of benzene rings is 3. The van der Waals surface area contributed by atoms with E-state index in [1.54, 1.807) is 6.07 Å². The SMILES string of the molecule is Cc1cccc(O[C@H](Cc2ccc(Oc3ccccc3)cc2)C(=O)O)c1. The van der Waals surface area contributed by atoms with Gasteiger partial charge >= 0.3 is 5.97 Å². The summed E-state index contributed by atoms with van der Waals surface area (Å²) in [7, 11) is 0. The van der Waals surface area contributed by atoms with Crippen LogP contribution in [0.4, 0.5) is 0 Å². The molecule has 0 spiro atoms. The standard InChI is InChI=1S/C22H20O4/c1-16-6-5-9-20(14-16)26-21(22(23)24)15-17-10-12-19(13-11-17)25-18-7-3-2-4-8-18/h2-14,21H,15H2,1H3,(H,23,24)/t21-/m1/s1. The first-order chi connectivity index (χ1) is 12.6. The maximum absolute atomic E-state index is 11.6. The minimum absolute atomic E-state index is 0.273. The summed E-state index contributed by atoms with van der Waals surface area (Å²) in [6, 6.07) is 24.2. The van der Waals surface area contributed by atoms with Crippen molar-refractivity contribution in [2.24, 2.45) is 0 Å². The number of rotatable bonds is 7. The summed E-state index contributed by atoms with van der Waals surface area (Å²) < 4.78 is 11.4. The second-order valence-electron chi connectivity index (χ2n) is 6.02. The van der Waals surface area contributed by atoms with E-state index >= 15 is 0 Å². The van der Waals surface area contributed by atoms with Crippen LogP contribution in [-0.2, 0) is 11.2 Å². The van der Waals surface area contributed by atoms with Gasteiger partial charge in [0.1, 0.15) is 17.2 Å². The predicted molar refractivity (Wildman–Crippen MR) is 99.9 cm³/mol. The summed E-state index contributed by atoms with van der Waals surface area (Å²) >= 11 is 0. The van der Waals surface area contributed by atoms with Gasteiger partial charge in [0.15, 0.2) is 6.10 Å². The summed E-state index contributed by atoms with van der Waals surface area (Å²) in [5, 5.41) is 9.46. The fourth-order valence-electron chi connectivity index (χ4n) is 2.56. The number of ether oxygens (including phenoxy) is 2. The van der Waals surface area contributed by atoms with Crippen molar-refractivity contribution < 1.29 is 19.4 Å². The molecular formula is C22H20O4. The second-order valence-corrected chi connectivity index (χ2v) is 6.02. The van der Waals surface area contributed by atoms with Crippen LogP contribution >= 0.6 is 0 Å². The lowest BCUT2D eigenvalue weighted by Crippen LogP contribution is -2.29. The Morgan fingerprint density at radius 3 is 2.19 bits per heavy atom. The van der Waals surface area contributed by atoms with Crippen LogP contribution in [0.1, 0.15) is 11.1 Å². The average molecular weight is 348 g/mol. The van der Waals surface area contributed by atoms with Crippen LogP contribution in [0.3, 0.4) is 0 Å². The van der Waals surface area contributed by atoms with E-state index in [2.05, 4.69) is 0 Å². The highest BCUT2D eigenvalue weighted by molar-refractivity contribution is 5.73. The highest BCUT2D eigenvalue weighted by Gasteiger charge is 2.20. The molecule has 0 saturated heterocycles. The Morgan fingerprint density at radius 1 is 0.885 bits per heavy atom. The van der Waals surface area contributed by atoms with E-state index in [1.165, 1.54) is 0 Å². The van der Waals surface area contributed by atoms with Gasteiger partial charge in [0.2, 0.25) is 0 Å². The van der Waals surface area contributed by atoms with E-state index in [1.807, 2.05) is 79.7 Å². The molecule has 0 fully saturated rings. The van der Waals surface area contributed by atoms with Crippen molar-refractivity contribution in [1.82, 2.24) is 0 Å². The number of para-hydroxylation sites is 1. The van der Waals surface area contributed by atoms with E-state index in [-0.39, 0.29) is 6.42 Å². The molecule has 26 heavy (non-hydrogen) atoms. The third kappa shape index (κ3) is 4.86. The highest BCUT2D eigenvalue weighted by Crippen LogP contribution is 2.22. The van der Waals surface area contributed by atoms with E-state index in [0.717, 1.165) is 16.9 Å². The molecule has 1 N–H and O–H groups in total. The topological polar surface area (TPSA) is 55.8 Å². The monoisotopic (exact) mass is 348 g/mol. The third-order valence-electron chi connectivity index (χ3n) is 3.87. The molecule has 0 amide bonds. The number of aliphatic carboxylic acids is 1. The Morgan fingerprint density at radius 2 is 1.54 bits per heavy atom. The van der Waals surface area contributed by atoms with Gasteiger partial charge in [-0.05, 0) is 54.4 Å². The lowest BCUT2D eigenvalue weighted by molar-refractivity contribution is -0.145. The summed E-state index contributed by atoms with van der Waals surface area (Å²) in [5.41, 5.74) is 1.89. The van der Waals surface area contributed by atoms with E-state index < -0.39 is 12.1 Å². The maximum atomic E-state index is 11.6. The molecule has 3 rings (SSSR count). The average Bonchev–Trinajstić information content (AvgIpc) is 2.63. The van der Waals surface area contributed by atoms with Crippen LogP contribution in [0.25, 0.3) is 0 Å². The first-order valence-corrected chi connectivity index (χ1v) is 8.38. The van der Waals surface area contributed by atoms with Gasteiger partial charge in [0.05, 0.1) is 0 Å². The number of carboxylic acid groups (broad SMARTS) is 1. The van der Waals surface area contributed by atoms with E-state index in [4.69, 9.17) is 9.47 Å². The maximum Gasteiger partial charge on any atom is 0.345 e. The van der Waals surface area contributed by atoms with Crippen molar-refractivity contribution in [3.63, 3.8) is 0 Å². The van der Waals surface area contributed by atoms with Gasteiger partial charge in [-0.25, -0.2) is 4.79 Å². The summed E-state index contributed by atoms with van der Waals surface area (Å²) in [6.07, 6.45) is -0.674. The van der Waals surface area contributed by atoms with Crippen LogP contribution in [0.2, 0.25) is 0 Å². The minimum atomic E-state index is -0.990. The largest absolute Gasteiger partial charge is 0.478 e. The number of carbonyl (C=O) groups is 1. The van der Waals surface area contributed by atoms with Crippen LogP contribution in [-0.4, -0.2) is 17.2 Å². The molecule has 1 atom stereocenters.